The SMILES string of the molecule is [CH2]C(O)NS(=O)(=O)CC(C)C. The van der Waals surface area contributed by atoms with Gasteiger partial charge in [0.05, 0.1) is 5.75 Å². The van der Waals surface area contributed by atoms with Crippen molar-refractivity contribution in [3.05, 3.63) is 6.92 Å². The van der Waals surface area contributed by atoms with Gasteiger partial charge in [-0.3, -0.25) is 0 Å². The molecule has 1 atom stereocenters. The minimum Gasteiger partial charge on any atom is -0.378 e. The van der Waals surface area contributed by atoms with Crippen LogP contribution in [-0.4, -0.2) is 25.5 Å². The molecule has 67 valence electrons. The normalized spacial score (nSPS) is 15.4. The van der Waals surface area contributed by atoms with E-state index in [1.165, 1.54) is 0 Å². The highest BCUT2D eigenvalue weighted by molar-refractivity contribution is 7.89. The van der Waals surface area contributed by atoms with E-state index < -0.39 is 16.3 Å². The highest BCUT2D eigenvalue weighted by Gasteiger charge is 2.13. The number of rotatable bonds is 4. The lowest BCUT2D eigenvalue weighted by molar-refractivity contribution is 0.209. The summed E-state index contributed by atoms with van der Waals surface area (Å²) in [4.78, 5) is 0. The lowest BCUT2D eigenvalue weighted by Gasteiger charge is -2.09. The van der Waals surface area contributed by atoms with Gasteiger partial charge in [-0.25, -0.2) is 8.42 Å². The van der Waals surface area contributed by atoms with E-state index in [4.69, 9.17) is 5.11 Å². The van der Waals surface area contributed by atoms with Gasteiger partial charge in [-0.1, -0.05) is 13.8 Å². The third-order valence-electron chi connectivity index (χ3n) is 0.868. The highest BCUT2D eigenvalue weighted by atomic mass is 32.2. The minimum atomic E-state index is -3.34. The van der Waals surface area contributed by atoms with Crippen LogP contribution in [0, 0.1) is 12.8 Å². The van der Waals surface area contributed by atoms with Crippen molar-refractivity contribution in [1.82, 2.24) is 4.72 Å². The molecule has 0 aromatic rings. The number of aliphatic hydroxyl groups excluding tert-OH is 1. The molecule has 0 amide bonds. The van der Waals surface area contributed by atoms with Gasteiger partial charge in [0.2, 0.25) is 10.0 Å². The van der Waals surface area contributed by atoms with Crippen molar-refractivity contribution in [2.24, 2.45) is 5.92 Å². The molecule has 11 heavy (non-hydrogen) atoms. The first-order valence-corrected chi connectivity index (χ1v) is 5.00. The average Bonchev–Trinajstić information content (AvgIpc) is 1.53. The van der Waals surface area contributed by atoms with E-state index in [-0.39, 0.29) is 11.7 Å². The quantitative estimate of drug-likeness (QED) is 0.584. The maximum atomic E-state index is 10.9. The van der Waals surface area contributed by atoms with Crippen molar-refractivity contribution in [2.75, 3.05) is 5.75 Å². The van der Waals surface area contributed by atoms with E-state index in [0.717, 1.165) is 0 Å². The van der Waals surface area contributed by atoms with Gasteiger partial charge in [0.15, 0.2) is 0 Å². The summed E-state index contributed by atoms with van der Waals surface area (Å²) in [5.41, 5.74) is 0. The van der Waals surface area contributed by atoms with Gasteiger partial charge in [0.1, 0.15) is 6.23 Å². The molecule has 0 aliphatic carbocycles. The molecule has 0 heterocycles. The fourth-order valence-electron chi connectivity index (χ4n) is 0.694. The monoisotopic (exact) mass is 180 g/mol. The van der Waals surface area contributed by atoms with Gasteiger partial charge in [-0.05, 0) is 12.8 Å². The van der Waals surface area contributed by atoms with Crippen molar-refractivity contribution in [3.63, 3.8) is 0 Å². The minimum absolute atomic E-state index is 0.0135. The Kier molecular flexibility index (Phi) is 3.99. The van der Waals surface area contributed by atoms with Crippen molar-refractivity contribution < 1.29 is 13.5 Å². The van der Waals surface area contributed by atoms with Crippen molar-refractivity contribution in [1.29, 1.82) is 0 Å². The highest BCUT2D eigenvalue weighted by Crippen LogP contribution is 1.97. The Hall–Kier alpha value is -0.130. The standard InChI is InChI=1S/C6H14NO3S/c1-5(2)4-11(9,10)7-6(3)8/h5-8H,3-4H2,1-2H3. The molecule has 4 nitrogen and oxygen atoms in total. The summed E-state index contributed by atoms with van der Waals surface area (Å²) in [6, 6.07) is 0. The summed E-state index contributed by atoms with van der Waals surface area (Å²) in [6.07, 6.45) is -1.25. The van der Waals surface area contributed by atoms with Gasteiger partial charge in [0.25, 0.3) is 0 Å². The molecule has 2 N–H and O–H groups in total. The Morgan fingerprint density at radius 1 is 1.55 bits per heavy atom. The zero-order valence-electron chi connectivity index (χ0n) is 6.74. The molecule has 0 aliphatic heterocycles. The Morgan fingerprint density at radius 2 is 2.00 bits per heavy atom. The van der Waals surface area contributed by atoms with Crippen LogP contribution in [0.1, 0.15) is 13.8 Å². The van der Waals surface area contributed by atoms with Crippen LogP contribution in [0.4, 0.5) is 0 Å². The predicted molar refractivity (Wildman–Crippen MR) is 43.1 cm³/mol. The Labute approximate surface area is 67.7 Å². The summed E-state index contributed by atoms with van der Waals surface area (Å²) in [5, 5.41) is 8.60. The Balaban J connectivity index is 4.03. The first-order valence-electron chi connectivity index (χ1n) is 3.34. The number of aliphatic hydroxyl groups is 1. The summed E-state index contributed by atoms with van der Waals surface area (Å²) in [5.74, 6) is 0.0609. The van der Waals surface area contributed by atoms with E-state index in [2.05, 4.69) is 6.92 Å². The van der Waals surface area contributed by atoms with Crippen molar-refractivity contribution in [3.8, 4) is 0 Å². The zero-order valence-corrected chi connectivity index (χ0v) is 7.56. The van der Waals surface area contributed by atoms with Crippen LogP contribution in [0.5, 0.6) is 0 Å². The smallest absolute Gasteiger partial charge is 0.213 e. The third kappa shape index (κ3) is 6.28. The molecule has 0 saturated carbocycles. The van der Waals surface area contributed by atoms with Gasteiger partial charge >= 0.3 is 0 Å². The molecule has 1 unspecified atom stereocenters. The maximum absolute atomic E-state index is 10.9. The first kappa shape index (κ1) is 10.9. The van der Waals surface area contributed by atoms with Crippen LogP contribution in [0.25, 0.3) is 0 Å². The maximum Gasteiger partial charge on any atom is 0.213 e. The molecular formula is C6H14NO3S. The summed E-state index contributed by atoms with van der Waals surface area (Å²) in [6.45, 7) is 6.67. The Bertz CT molecular complexity index is 180. The van der Waals surface area contributed by atoms with E-state index in [9.17, 15) is 8.42 Å². The largest absolute Gasteiger partial charge is 0.378 e. The summed E-state index contributed by atoms with van der Waals surface area (Å²) in [7, 11) is -3.34. The van der Waals surface area contributed by atoms with Crippen LogP contribution in [0.3, 0.4) is 0 Å². The summed E-state index contributed by atoms with van der Waals surface area (Å²) >= 11 is 0. The third-order valence-corrected chi connectivity index (χ3v) is 2.61. The summed E-state index contributed by atoms with van der Waals surface area (Å²) < 4.78 is 23.8. The molecule has 0 aromatic heterocycles. The second-order valence-corrected chi connectivity index (χ2v) is 4.61. The van der Waals surface area contributed by atoms with Crippen LogP contribution in [-0.2, 0) is 10.0 Å². The van der Waals surface area contributed by atoms with Gasteiger partial charge in [-0.15, -0.1) is 0 Å². The molecule has 0 aliphatic rings. The molecular weight excluding hydrogens is 166 g/mol. The molecule has 0 rings (SSSR count). The number of hydrogen-bond acceptors (Lipinski definition) is 3. The van der Waals surface area contributed by atoms with Crippen LogP contribution in [0.15, 0.2) is 0 Å². The first-order chi connectivity index (χ1) is 4.83. The average molecular weight is 180 g/mol. The number of hydrogen-bond donors (Lipinski definition) is 2. The number of sulfonamides is 1. The molecule has 1 radical (unpaired) electrons. The molecule has 0 saturated heterocycles. The van der Waals surface area contributed by atoms with Crippen LogP contribution >= 0.6 is 0 Å². The molecule has 0 spiro atoms. The van der Waals surface area contributed by atoms with E-state index >= 15 is 0 Å². The van der Waals surface area contributed by atoms with Gasteiger partial charge in [-0.2, -0.15) is 4.72 Å². The predicted octanol–water partition coefficient (Wildman–Crippen LogP) is -0.286. The van der Waals surface area contributed by atoms with E-state index in [0.29, 0.717) is 0 Å². The molecule has 0 fully saturated rings. The molecule has 0 aromatic carbocycles. The van der Waals surface area contributed by atoms with E-state index in [1.54, 1.807) is 13.8 Å². The fraction of sp³-hybridized carbons (Fsp3) is 0.833. The van der Waals surface area contributed by atoms with Gasteiger partial charge in [0, 0.05) is 0 Å². The van der Waals surface area contributed by atoms with E-state index in [1.807, 2.05) is 4.72 Å². The second-order valence-electron chi connectivity index (χ2n) is 2.81. The lowest BCUT2D eigenvalue weighted by atomic mass is 10.3. The Morgan fingerprint density at radius 3 is 2.27 bits per heavy atom. The van der Waals surface area contributed by atoms with Crippen LogP contribution in [0.2, 0.25) is 0 Å². The second kappa shape index (κ2) is 4.04. The zero-order chi connectivity index (χ0) is 9.07. The van der Waals surface area contributed by atoms with Crippen molar-refractivity contribution in [2.45, 2.75) is 20.1 Å². The lowest BCUT2D eigenvalue weighted by Crippen LogP contribution is -2.35. The number of nitrogens with one attached hydrogen (secondary N) is 1. The molecule has 5 heteroatoms. The molecule has 0 bridgehead atoms. The van der Waals surface area contributed by atoms with Crippen LogP contribution < -0.4 is 4.72 Å². The van der Waals surface area contributed by atoms with Crippen molar-refractivity contribution >= 4 is 10.0 Å². The van der Waals surface area contributed by atoms with Gasteiger partial charge < -0.3 is 5.11 Å². The topological polar surface area (TPSA) is 66.4 Å². The fourth-order valence-corrected chi connectivity index (χ4v) is 2.08.